The zero-order chi connectivity index (χ0) is 27.9. The second kappa shape index (κ2) is 12.2. The number of anilines is 5. The summed E-state index contributed by atoms with van der Waals surface area (Å²) in [5, 5.41) is 6.26. The van der Waals surface area contributed by atoms with Crippen LogP contribution >= 0.6 is 11.6 Å². The lowest BCUT2D eigenvalue weighted by molar-refractivity contribution is 0.102. The average Bonchev–Trinajstić information content (AvgIpc) is 2.99. The fraction of sp³-hybridized carbons (Fsp3) is 0.0303. The van der Waals surface area contributed by atoms with Crippen LogP contribution in [0, 0.1) is 0 Å². The van der Waals surface area contributed by atoms with Gasteiger partial charge in [0.05, 0.1) is 24.0 Å². The summed E-state index contributed by atoms with van der Waals surface area (Å²) in [7, 11) is 1.52. The van der Waals surface area contributed by atoms with Crippen molar-refractivity contribution in [1.82, 2.24) is 0 Å². The Bertz CT molecular complexity index is 1590. The highest BCUT2D eigenvalue weighted by molar-refractivity contribution is 6.31. The lowest BCUT2D eigenvalue weighted by atomic mass is 10.1. The molecule has 40 heavy (non-hydrogen) atoms. The Hall–Kier alpha value is -5.07. The molecule has 7 heteroatoms. The molecule has 0 saturated carbocycles. The summed E-state index contributed by atoms with van der Waals surface area (Å²) in [5.41, 5.74) is 4.55. The number of ether oxygens (including phenoxy) is 1. The molecule has 0 atom stereocenters. The van der Waals surface area contributed by atoms with E-state index in [1.807, 2.05) is 83.8 Å². The summed E-state index contributed by atoms with van der Waals surface area (Å²) in [6.45, 7) is 0. The molecule has 0 spiro atoms. The predicted molar refractivity (Wildman–Crippen MR) is 161 cm³/mol. The number of methoxy groups -OCH3 is 1. The predicted octanol–water partition coefficient (Wildman–Crippen LogP) is 8.32. The maximum Gasteiger partial charge on any atom is 0.257 e. The first kappa shape index (κ1) is 26.5. The third-order valence-corrected chi connectivity index (χ3v) is 6.47. The van der Waals surface area contributed by atoms with Crippen molar-refractivity contribution in [2.24, 2.45) is 0 Å². The Morgan fingerprint density at radius 2 is 1.27 bits per heavy atom. The first-order valence-electron chi connectivity index (χ1n) is 12.6. The Morgan fingerprint density at radius 1 is 0.675 bits per heavy atom. The molecule has 0 aliphatic heterocycles. The molecule has 5 rings (SSSR count). The Kier molecular flexibility index (Phi) is 8.09. The summed E-state index contributed by atoms with van der Waals surface area (Å²) >= 11 is 6.07. The Balaban J connectivity index is 1.37. The molecule has 5 aromatic carbocycles. The molecule has 0 aliphatic rings. The van der Waals surface area contributed by atoms with Gasteiger partial charge in [-0.25, -0.2) is 0 Å². The second-order valence-corrected chi connectivity index (χ2v) is 9.29. The van der Waals surface area contributed by atoms with Gasteiger partial charge < -0.3 is 20.3 Å². The highest BCUT2D eigenvalue weighted by Crippen LogP contribution is 2.36. The topological polar surface area (TPSA) is 70.7 Å². The molecule has 0 aliphatic carbocycles. The first-order chi connectivity index (χ1) is 19.5. The zero-order valence-corrected chi connectivity index (χ0v) is 22.4. The van der Waals surface area contributed by atoms with E-state index in [2.05, 4.69) is 10.6 Å². The zero-order valence-electron chi connectivity index (χ0n) is 21.7. The van der Waals surface area contributed by atoms with E-state index >= 15 is 0 Å². The van der Waals surface area contributed by atoms with Gasteiger partial charge in [-0.05, 0) is 78.9 Å². The van der Waals surface area contributed by atoms with Gasteiger partial charge in [-0.15, -0.1) is 0 Å². The molecular weight excluding hydrogens is 522 g/mol. The number of rotatable bonds is 8. The van der Waals surface area contributed by atoms with Crippen LogP contribution in [0.1, 0.15) is 20.7 Å². The molecule has 6 nitrogen and oxygen atoms in total. The Morgan fingerprint density at radius 3 is 1.90 bits per heavy atom. The Labute approximate surface area is 237 Å². The standard InChI is InChI=1S/C33H26ClN3O3/c1-40-31-21-18-24(34)22-29(31)36-32(38)23-16-19-25(20-17-23)35-33(39)28-14-8-9-15-30(28)37(26-10-4-2-5-11-26)27-12-6-3-7-13-27/h2-22H,1H3,(H,35,39)(H,36,38). The van der Waals surface area contributed by atoms with E-state index in [-0.39, 0.29) is 11.8 Å². The van der Waals surface area contributed by atoms with E-state index in [4.69, 9.17) is 16.3 Å². The minimum atomic E-state index is -0.329. The van der Waals surface area contributed by atoms with E-state index in [1.54, 1.807) is 48.5 Å². The quantitative estimate of drug-likeness (QED) is 0.205. The second-order valence-electron chi connectivity index (χ2n) is 8.85. The van der Waals surface area contributed by atoms with Gasteiger partial charge in [-0.2, -0.15) is 0 Å². The fourth-order valence-corrected chi connectivity index (χ4v) is 4.49. The van der Waals surface area contributed by atoms with Gasteiger partial charge in [0.1, 0.15) is 5.75 Å². The molecule has 0 heterocycles. The molecule has 0 saturated heterocycles. The normalized spacial score (nSPS) is 10.4. The summed E-state index contributed by atoms with van der Waals surface area (Å²) in [6, 6.07) is 38.9. The van der Waals surface area contributed by atoms with Crippen LogP contribution in [0.5, 0.6) is 5.75 Å². The van der Waals surface area contributed by atoms with Crippen LogP contribution in [0.3, 0.4) is 0 Å². The number of nitrogens with one attached hydrogen (secondary N) is 2. The monoisotopic (exact) mass is 547 g/mol. The highest BCUT2D eigenvalue weighted by Gasteiger charge is 2.20. The lowest BCUT2D eigenvalue weighted by Crippen LogP contribution is -2.18. The number of benzene rings is 5. The van der Waals surface area contributed by atoms with Crippen LogP contribution in [0.25, 0.3) is 0 Å². The first-order valence-corrected chi connectivity index (χ1v) is 13.0. The van der Waals surface area contributed by atoms with Gasteiger partial charge in [-0.3, -0.25) is 9.59 Å². The molecular formula is C33H26ClN3O3. The van der Waals surface area contributed by atoms with Crippen molar-refractivity contribution in [3.8, 4) is 5.75 Å². The molecule has 0 radical (unpaired) electrons. The number of para-hydroxylation sites is 3. The van der Waals surface area contributed by atoms with Gasteiger partial charge in [0.2, 0.25) is 0 Å². The van der Waals surface area contributed by atoms with Crippen molar-refractivity contribution < 1.29 is 14.3 Å². The minimum Gasteiger partial charge on any atom is -0.495 e. The maximum atomic E-state index is 13.5. The van der Waals surface area contributed by atoms with Gasteiger partial charge in [0, 0.05) is 27.6 Å². The molecule has 0 aromatic heterocycles. The van der Waals surface area contributed by atoms with E-state index in [9.17, 15) is 9.59 Å². The van der Waals surface area contributed by atoms with Gasteiger partial charge in [-0.1, -0.05) is 60.1 Å². The van der Waals surface area contributed by atoms with Crippen LogP contribution in [-0.4, -0.2) is 18.9 Å². The number of amides is 2. The van der Waals surface area contributed by atoms with Crippen molar-refractivity contribution >= 4 is 51.9 Å². The number of nitrogens with zero attached hydrogens (tertiary/aromatic N) is 1. The maximum absolute atomic E-state index is 13.5. The van der Waals surface area contributed by atoms with Crippen LogP contribution in [0.15, 0.2) is 127 Å². The number of halogens is 1. The van der Waals surface area contributed by atoms with Crippen molar-refractivity contribution in [2.45, 2.75) is 0 Å². The summed E-state index contributed by atoms with van der Waals surface area (Å²) in [4.78, 5) is 28.4. The molecule has 0 bridgehead atoms. The van der Waals surface area contributed by atoms with Crippen molar-refractivity contribution in [2.75, 3.05) is 22.6 Å². The molecule has 0 unspecified atom stereocenters. The van der Waals surface area contributed by atoms with E-state index in [0.717, 1.165) is 17.1 Å². The third kappa shape index (κ3) is 5.98. The smallest absolute Gasteiger partial charge is 0.257 e. The molecule has 2 N–H and O–H groups in total. The van der Waals surface area contributed by atoms with Crippen LogP contribution < -0.4 is 20.3 Å². The number of hydrogen-bond acceptors (Lipinski definition) is 4. The average molecular weight is 548 g/mol. The van der Waals surface area contributed by atoms with Crippen molar-refractivity contribution in [1.29, 1.82) is 0 Å². The van der Waals surface area contributed by atoms with Crippen molar-refractivity contribution in [3.63, 3.8) is 0 Å². The van der Waals surface area contributed by atoms with Crippen molar-refractivity contribution in [3.05, 3.63) is 144 Å². The third-order valence-electron chi connectivity index (χ3n) is 6.23. The van der Waals surface area contributed by atoms with Crippen LogP contribution in [-0.2, 0) is 0 Å². The summed E-state index contributed by atoms with van der Waals surface area (Å²) in [6.07, 6.45) is 0. The lowest BCUT2D eigenvalue weighted by Gasteiger charge is -2.27. The van der Waals surface area contributed by atoms with E-state index in [0.29, 0.717) is 33.3 Å². The molecule has 2 amide bonds. The largest absolute Gasteiger partial charge is 0.495 e. The fourth-order valence-electron chi connectivity index (χ4n) is 4.32. The SMILES string of the molecule is COc1ccc(Cl)cc1NC(=O)c1ccc(NC(=O)c2ccccc2N(c2ccccc2)c2ccccc2)cc1. The van der Waals surface area contributed by atoms with Crippen LogP contribution in [0.2, 0.25) is 5.02 Å². The summed E-state index contributed by atoms with van der Waals surface area (Å²) < 4.78 is 5.30. The van der Waals surface area contributed by atoms with E-state index < -0.39 is 0 Å². The summed E-state index contributed by atoms with van der Waals surface area (Å²) in [5.74, 6) is -0.0983. The molecule has 198 valence electrons. The molecule has 5 aromatic rings. The van der Waals surface area contributed by atoms with Crippen LogP contribution in [0.4, 0.5) is 28.4 Å². The molecule has 0 fully saturated rings. The van der Waals surface area contributed by atoms with Gasteiger partial charge in [0.15, 0.2) is 0 Å². The number of hydrogen-bond donors (Lipinski definition) is 2. The van der Waals surface area contributed by atoms with E-state index in [1.165, 1.54) is 7.11 Å². The van der Waals surface area contributed by atoms with Gasteiger partial charge >= 0.3 is 0 Å². The minimum absolute atomic E-state index is 0.270. The van der Waals surface area contributed by atoms with Gasteiger partial charge in [0.25, 0.3) is 11.8 Å². The number of carbonyl (C=O) groups is 2. The number of carbonyl (C=O) groups excluding carboxylic acids is 2. The highest BCUT2D eigenvalue weighted by atomic mass is 35.5.